The highest BCUT2D eigenvalue weighted by Gasteiger charge is 2.43. The number of piperazine rings is 1. The van der Waals surface area contributed by atoms with Crippen LogP contribution in [-0.2, 0) is 14.8 Å². The van der Waals surface area contributed by atoms with Gasteiger partial charge < -0.3 is 9.64 Å². The molecule has 0 aliphatic carbocycles. The second-order valence-corrected chi connectivity index (χ2v) is 8.66. The Balaban J connectivity index is 2.23. The average Bonchev–Trinajstić information content (AvgIpc) is 2.46. The van der Waals surface area contributed by atoms with E-state index >= 15 is 0 Å². The maximum absolute atomic E-state index is 12.4. The molecule has 2 aliphatic rings. The summed E-state index contributed by atoms with van der Waals surface area (Å²) in [5, 5.41) is 0. The predicted molar refractivity (Wildman–Crippen MR) is 80.4 cm³/mol. The van der Waals surface area contributed by atoms with E-state index in [0.29, 0.717) is 25.9 Å². The Hall–Kier alpha value is -1.08. The molecule has 3 atom stereocenters. The smallest absolute Gasteiger partial charge is 0.410 e. The van der Waals surface area contributed by atoms with Gasteiger partial charge in [-0.25, -0.2) is 13.2 Å². The number of carbonyl (C=O) groups excluding carboxylic acids is 1. The van der Waals surface area contributed by atoms with Crippen LogP contribution in [0, 0.1) is 0 Å². The Labute approximate surface area is 126 Å². The highest BCUT2D eigenvalue weighted by molar-refractivity contribution is 7.89. The minimum atomic E-state index is -3.25. The van der Waals surface area contributed by atoms with E-state index in [-0.39, 0.29) is 23.9 Å². The van der Waals surface area contributed by atoms with Gasteiger partial charge in [-0.2, -0.15) is 4.31 Å². The summed E-state index contributed by atoms with van der Waals surface area (Å²) < 4.78 is 31.4. The molecule has 0 spiro atoms. The Morgan fingerprint density at radius 3 is 2.57 bits per heavy atom. The first kappa shape index (κ1) is 16.3. The van der Waals surface area contributed by atoms with E-state index in [1.165, 1.54) is 4.31 Å². The van der Waals surface area contributed by atoms with Crippen LogP contribution in [-0.4, -0.2) is 60.2 Å². The van der Waals surface area contributed by atoms with Crippen molar-refractivity contribution in [2.24, 2.45) is 0 Å². The lowest BCUT2D eigenvalue weighted by molar-refractivity contribution is 0.00112. The lowest BCUT2D eigenvalue weighted by atomic mass is 10.1. The van der Waals surface area contributed by atoms with Crippen LogP contribution in [0.4, 0.5) is 4.79 Å². The summed E-state index contributed by atoms with van der Waals surface area (Å²) in [4.78, 5) is 14.0. The third-order valence-corrected chi connectivity index (χ3v) is 5.72. The van der Waals surface area contributed by atoms with Crippen molar-refractivity contribution in [3.8, 4) is 0 Å². The Bertz CT molecular complexity index is 524. The zero-order valence-electron chi connectivity index (χ0n) is 12.9. The number of carbonyl (C=O) groups is 1. The van der Waals surface area contributed by atoms with Gasteiger partial charge in [0.1, 0.15) is 5.60 Å². The molecule has 0 radical (unpaired) electrons. The first-order valence-electron chi connectivity index (χ1n) is 7.26. The third-order valence-electron chi connectivity index (χ3n) is 3.78. The summed E-state index contributed by atoms with van der Waals surface area (Å²) in [6.07, 6.45) is 2.46. The molecule has 2 bridgehead atoms. The van der Waals surface area contributed by atoms with Crippen LogP contribution in [0.1, 0.15) is 33.6 Å². The molecule has 120 valence electrons. The predicted octanol–water partition coefficient (Wildman–Crippen LogP) is 1.59. The van der Waals surface area contributed by atoms with Crippen molar-refractivity contribution in [2.75, 3.05) is 18.8 Å². The molecule has 1 amide bonds. The standard InChI is InChI=1S/C14H24N2O4S/c1-5-11-9-15(13(17)20-14(2,3)4)12-7-6-8-21(18,19)16(11)10-12/h5,11-12H,1,6-10H2,2-4H3. The quantitative estimate of drug-likeness (QED) is 0.689. The maximum Gasteiger partial charge on any atom is 0.410 e. The maximum atomic E-state index is 12.4. The molecule has 6 nitrogen and oxygen atoms in total. The van der Waals surface area contributed by atoms with Crippen LogP contribution in [0.2, 0.25) is 0 Å². The number of hydrogen-bond donors (Lipinski definition) is 0. The molecular formula is C14H24N2O4S. The number of rotatable bonds is 1. The first-order chi connectivity index (χ1) is 9.64. The fourth-order valence-electron chi connectivity index (χ4n) is 2.81. The number of ether oxygens (including phenoxy) is 1. The van der Waals surface area contributed by atoms with Gasteiger partial charge in [0.25, 0.3) is 0 Å². The third kappa shape index (κ3) is 3.58. The molecule has 0 N–H and O–H groups in total. The Morgan fingerprint density at radius 1 is 1.33 bits per heavy atom. The molecule has 2 heterocycles. The number of nitrogens with zero attached hydrogens (tertiary/aromatic N) is 2. The van der Waals surface area contributed by atoms with E-state index in [1.54, 1.807) is 11.0 Å². The van der Waals surface area contributed by atoms with E-state index < -0.39 is 15.6 Å². The Kier molecular flexibility index (Phi) is 4.35. The van der Waals surface area contributed by atoms with Crippen molar-refractivity contribution >= 4 is 16.1 Å². The van der Waals surface area contributed by atoms with Crippen LogP contribution in [0.25, 0.3) is 0 Å². The van der Waals surface area contributed by atoms with Gasteiger partial charge in [-0.1, -0.05) is 6.08 Å². The van der Waals surface area contributed by atoms with Crippen molar-refractivity contribution in [2.45, 2.75) is 51.3 Å². The van der Waals surface area contributed by atoms with Gasteiger partial charge in [0.2, 0.25) is 10.0 Å². The summed E-state index contributed by atoms with van der Waals surface area (Å²) in [7, 11) is -3.25. The Morgan fingerprint density at radius 2 is 2.00 bits per heavy atom. The van der Waals surface area contributed by atoms with Crippen LogP contribution < -0.4 is 0 Å². The van der Waals surface area contributed by atoms with Gasteiger partial charge in [-0.15, -0.1) is 6.58 Å². The molecule has 0 saturated carbocycles. The summed E-state index contributed by atoms with van der Waals surface area (Å²) in [5.41, 5.74) is -0.561. The molecule has 0 aromatic carbocycles. The number of amides is 1. The van der Waals surface area contributed by atoms with E-state index in [4.69, 9.17) is 4.74 Å². The molecule has 2 rings (SSSR count). The first-order valence-corrected chi connectivity index (χ1v) is 8.86. The summed E-state index contributed by atoms with van der Waals surface area (Å²) in [6.45, 7) is 9.82. The van der Waals surface area contributed by atoms with Crippen molar-refractivity contribution < 1.29 is 17.9 Å². The molecule has 7 heteroatoms. The minimum Gasteiger partial charge on any atom is -0.444 e. The van der Waals surface area contributed by atoms with Gasteiger partial charge >= 0.3 is 6.09 Å². The molecule has 0 aromatic rings. The van der Waals surface area contributed by atoms with Crippen LogP contribution >= 0.6 is 0 Å². The van der Waals surface area contributed by atoms with Gasteiger partial charge in [-0.3, -0.25) is 0 Å². The largest absolute Gasteiger partial charge is 0.444 e. The minimum absolute atomic E-state index is 0.117. The van der Waals surface area contributed by atoms with Crippen molar-refractivity contribution in [1.29, 1.82) is 0 Å². The fourth-order valence-corrected chi connectivity index (χ4v) is 4.54. The van der Waals surface area contributed by atoms with Crippen LogP contribution in [0.3, 0.4) is 0 Å². The zero-order chi connectivity index (χ0) is 15.8. The highest BCUT2D eigenvalue weighted by atomic mass is 32.2. The van der Waals surface area contributed by atoms with Crippen LogP contribution in [0.15, 0.2) is 12.7 Å². The second-order valence-electron chi connectivity index (χ2n) is 6.62. The second kappa shape index (κ2) is 5.61. The van der Waals surface area contributed by atoms with E-state index in [1.807, 2.05) is 20.8 Å². The molecule has 3 unspecified atom stereocenters. The van der Waals surface area contributed by atoms with Gasteiger partial charge in [-0.05, 0) is 33.6 Å². The molecule has 21 heavy (non-hydrogen) atoms. The van der Waals surface area contributed by atoms with Gasteiger partial charge in [0, 0.05) is 19.1 Å². The molecular weight excluding hydrogens is 292 g/mol. The van der Waals surface area contributed by atoms with Crippen molar-refractivity contribution in [3.05, 3.63) is 12.7 Å². The fraction of sp³-hybridized carbons (Fsp3) is 0.786. The SMILES string of the molecule is C=CC1CN(C(=O)OC(C)(C)C)C2CCCS(=O)(=O)N1C2. The van der Waals surface area contributed by atoms with E-state index in [9.17, 15) is 13.2 Å². The molecule has 2 fully saturated rings. The summed E-state index contributed by atoms with van der Waals surface area (Å²) in [5.74, 6) is 0.135. The number of fused-ring (bicyclic) bond motifs is 2. The molecule has 2 aliphatic heterocycles. The average molecular weight is 316 g/mol. The van der Waals surface area contributed by atoms with Gasteiger partial charge in [0.15, 0.2) is 0 Å². The number of hydrogen-bond acceptors (Lipinski definition) is 4. The lowest BCUT2D eigenvalue weighted by Crippen LogP contribution is -2.60. The van der Waals surface area contributed by atoms with Crippen molar-refractivity contribution in [1.82, 2.24) is 9.21 Å². The van der Waals surface area contributed by atoms with Crippen LogP contribution in [0.5, 0.6) is 0 Å². The summed E-state index contributed by atoms with van der Waals surface area (Å²) >= 11 is 0. The van der Waals surface area contributed by atoms with Gasteiger partial charge in [0.05, 0.1) is 11.8 Å². The van der Waals surface area contributed by atoms with E-state index in [2.05, 4.69) is 6.58 Å². The number of sulfonamides is 1. The van der Waals surface area contributed by atoms with Crippen molar-refractivity contribution in [3.63, 3.8) is 0 Å². The van der Waals surface area contributed by atoms with E-state index in [0.717, 1.165) is 0 Å². The highest BCUT2D eigenvalue weighted by Crippen LogP contribution is 2.28. The molecule has 0 aromatic heterocycles. The zero-order valence-corrected chi connectivity index (χ0v) is 13.7. The topological polar surface area (TPSA) is 66.9 Å². The normalized spacial score (nSPS) is 32.1. The monoisotopic (exact) mass is 316 g/mol. The lowest BCUT2D eigenvalue weighted by Gasteiger charge is -2.43. The molecule has 2 saturated heterocycles. The summed E-state index contributed by atoms with van der Waals surface area (Å²) in [6, 6.07) is -0.495.